The van der Waals surface area contributed by atoms with Gasteiger partial charge in [-0.25, -0.2) is 28.3 Å². The molecule has 2 aromatic heterocycles. The van der Waals surface area contributed by atoms with E-state index in [0.29, 0.717) is 28.2 Å². The molecule has 4 aromatic rings. The number of aromatic nitrogens is 3. The summed E-state index contributed by atoms with van der Waals surface area (Å²) in [7, 11) is -4.17. The van der Waals surface area contributed by atoms with Crippen molar-refractivity contribution in [2.24, 2.45) is 5.14 Å². The molecule has 0 aliphatic rings. The van der Waals surface area contributed by atoms with Gasteiger partial charge in [-0.05, 0) is 51.5 Å². The van der Waals surface area contributed by atoms with Crippen molar-refractivity contribution in [3.05, 3.63) is 65.9 Å². The highest BCUT2D eigenvalue weighted by Crippen LogP contribution is 2.35. The third-order valence-electron chi connectivity index (χ3n) is 5.35. The summed E-state index contributed by atoms with van der Waals surface area (Å²) in [5.41, 5.74) is 3.38. The van der Waals surface area contributed by atoms with E-state index in [1.807, 2.05) is 33.8 Å². The van der Waals surface area contributed by atoms with Crippen LogP contribution in [0.5, 0.6) is 5.75 Å². The largest absolute Gasteiger partial charge is 0.491 e. The number of aromatic carboxylic acids is 1. The molecule has 2 heterocycles. The summed E-state index contributed by atoms with van der Waals surface area (Å²) in [6.07, 6.45) is 2.70. The zero-order chi connectivity index (χ0) is 26.2. The summed E-state index contributed by atoms with van der Waals surface area (Å²) in [6, 6.07) is 9.71. The smallest absolute Gasteiger partial charge is 0.335 e. The van der Waals surface area contributed by atoms with Crippen LogP contribution < -0.4 is 15.2 Å². The second-order valence-electron chi connectivity index (χ2n) is 8.53. The Balaban J connectivity index is 1.89. The van der Waals surface area contributed by atoms with Gasteiger partial charge in [-0.3, -0.25) is 4.98 Å². The van der Waals surface area contributed by atoms with Crippen LogP contribution in [0.1, 0.15) is 35.7 Å². The fourth-order valence-corrected chi connectivity index (χ4v) is 4.48. The normalized spacial score (nSPS) is 11.6. The van der Waals surface area contributed by atoms with Gasteiger partial charge in [0.05, 0.1) is 22.9 Å². The van der Waals surface area contributed by atoms with E-state index in [0.717, 1.165) is 16.8 Å². The molecular weight excluding hydrogens is 482 g/mol. The van der Waals surface area contributed by atoms with Crippen LogP contribution in [0.2, 0.25) is 0 Å². The van der Waals surface area contributed by atoms with Gasteiger partial charge < -0.3 is 15.2 Å². The van der Waals surface area contributed by atoms with Gasteiger partial charge >= 0.3 is 5.97 Å². The lowest BCUT2D eigenvalue weighted by Crippen LogP contribution is -2.15. The standard InChI is InChI=1S/C25H25N5O5S/c1-13(2)35-19-8-17(25(31)32)7-18(10-19)30-24-20-6-5-16(21-11-27-15(4)29-14(21)3)9-22(20)28-12-23(24)36(26,33)34/h5-13H,1-4H3,(H,28,30)(H,31,32)(H2,26,33,34). The van der Waals surface area contributed by atoms with Crippen molar-refractivity contribution in [2.45, 2.75) is 38.7 Å². The van der Waals surface area contributed by atoms with E-state index in [1.165, 1.54) is 18.3 Å². The Labute approximate surface area is 208 Å². The average Bonchev–Trinajstić information content (AvgIpc) is 2.77. The zero-order valence-corrected chi connectivity index (χ0v) is 20.9. The lowest BCUT2D eigenvalue weighted by Gasteiger charge is -2.17. The van der Waals surface area contributed by atoms with E-state index in [1.54, 1.807) is 24.4 Å². The first-order chi connectivity index (χ1) is 16.9. The lowest BCUT2D eigenvalue weighted by atomic mass is 10.0. The minimum Gasteiger partial charge on any atom is -0.491 e. The lowest BCUT2D eigenvalue weighted by molar-refractivity contribution is 0.0696. The van der Waals surface area contributed by atoms with Crippen LogP contribution in [0.3, 0.4) is 0 Å². The van der Waals surface area contributed by atoms with Gasteiger partial charge in [-0.2, -0.15) is 0 Å². The molecule has 0 radical (unpaired) electrons. The summed E-state index contributed by atoms with van der Waals surface area (Å²) in [5, 5.41) is 18.6. The number of carboxylic acid groups (broad SMARTS) is 1. The predicted octanol–water partition coefficient (Wildman–Crippen LogP) is 4.19. The summed E-state index contributed by atoms with van der Waals surface area (Å²) < 4.78 is 30.5. The third kappa shape index (κ3) is 5.26. The maximum absolute atomic E-state index is 12.4. The van der Waals surface area contributed by atoms with Gasteiger partial charge in [0.2, 0.25) is 10.0 Å². The minimum absolute atomic E-state index is 0.0247. The second kappa shape index (κ2) is 9.51. The van der Waals surface area contributed by atoms with E-state index in [4.69, 9.17) is 9.88 Å². The summed E-state index contributed by atoms with van der Waals surface area (Å²) in [5.74, 6) is -0.178. The number of primary sulfonamides is 1. The van der Waals surface area contributed by atoms with Crippen LogP contribution in [0.4, 0.5) is 11.4 Å². The number of aryl methyl sites for hydroxylation is 2. The number of hydrogen-bond acceptors (Lipinski definition) is 8. The number of anilines is 2. The SMILES string of the molecule is Cc1ncc(-c2ccc3c(Nc4cc(OC(C)C)cc(C(=O)O)c4)c(S(N)(=O)=O)cnc3c2)c(C)n1. The Morgan fingerprint density at radius 3 is 2.47 bits per heavy atom. The molecule has 10 nitrogen and oxygen atoms in total. The predicted molar refractivity (Wildman–Crippen MR) is 136 cm³/mol. The molecule has 4 N–H and O–H groups in total. The van der Waals surface area contributed by atoms with E-state index < -0.39 is 16.0 Å². The van der Waals surface area contributed by atoms with Gasteiger partial charge in [-0.1, -0.05) is 12.1 Å². The number of hydrogen-bond donors (Lipinski definition) is 3. The molecule has 4 rings (SSSR count). The Hall–Kier alpha value is -4.09. The molecule has 0 saturated carbocycles. The molecular formula is C25H25N5O5S. The molecule has 0 bridgehead atoms. The van der Waals surface area contributed by atoms with Gasteiger partial charge in [-0.15, -0.1) is 0 Å². The molecule has 0 unspecified atom stereocenters. The molecule has 186 valence electrons. The van der Waals surface area contributed by atoms with Crippen LogP contribution >= 0.6 is 0 Å². The van der Waals surface area contributed by atoms with Gasteiger partial charge in [0.15, 0.2) is 0 Å². The fraction of sp³-hybridized carbons (Fsp3) is 0.200. The molecule has 0 saturated heterocycles. The van der Waals surface area contributed by atoms with Crippen molar-refractivity contribution in [3.8, 4) is 16.9 Å². The van der Waals surface area contributed by atoms with Crippen LogP contribution in [-0.4, -0.2) is 40.5 Å². The molecule has 0 amide bonds. The summed E-state index contributed by atoms with van der Waals surface area (Å²) in [6.45, 7) is 7.32. The minimum atomic E-state index is -4.17. The van der Waals surface area contributed by atoms with E-state index in [2.05, 4.69) is 20.3 Å². The molecule has 11 heteroatoms. The monoisotopic (exact) mass is 507 g/mol. The van der Waals surface area contributed by atoms with Crippen LogP contribution in [-0.2, 0) is 10.0 Å². The Morgan fingerprint density at radius 2 is 1.83 bits per heavy atom. The average molecular weight is 508 g/mol. The Bertz CT molecular complexity index is 1600. The number of rotatable bonds is 7. The molecule has 0 spiro atoms. The van der Waals surface area contributed by atoms with Gasteiger partial charge in [0.25, 0.3) is 0 Å². The molecule has 0 aliphatic heterocycles. The van der Waals surface area contributed by atoms with Crippen molar-refractivity contribution >= 4 is 38.3 Å². The number of benzene rings is 2. The number of nitrogens with two attached hydrogens (primary N) is 1. The topological polar surface area (TPSA) is 157 Å². The van der Waals surface area contributed by atoms with Crippen LogP contribution in [0, 0.1) is 13.8 Å². The second-order valence-corrected chi connectivity index (χ2v) is 10.1. The maximum Gasteiger partial charge on any atom is 0.335 e. The molecule has 0 fully saturated rings. The molecule has 0 atom stereocenters. The summed E-state index contributed by atoms with van der Waals surface area (Å²) >= 11 is 0. The van der Waals surface area contributed by atoms with Crippen LogP contribution in [0.25, 0.3) is 22.0 Å². The fourth-order valence-electron chi connectivity index (χ4n) is 3.83. The number of nitrogens with one attached hydrogen (secondary N) is 1. The molecule has 2 aromatic carbocycles. The first-order valence-corrected chi connectivity index (χ1v) is 12.5. The van der Waals surface area contributed by atoms with E-state index in [-0.39, 0.29) is 22.3 Å². The van der Waals surface area contributed by atoms with E-state index in [9.17, 15) is 18.3 Å². The first-order valence-electron chi connectivity index (χ1n) is 11.0. The number of sulfonamides is 1. The van der Waals surface area contributed by atoms with Crippen molar-refractivity contribution < 1.29 is 23.1 Å². The highest BCUT2D eigenvalue weighted by molar-refractivity contribution is 7.89. The van der Waals surface area contributed by atoms with Crippen molar-refractivity contribution in [1.29, 1.82) is 0 Å². The number of carboxylic acids is 1. The van der Waals surface area contributed by atoms with Gasteiger partial charge in [0.1, 0.15) is 16.5 Å². The quantitative estimate of drug-likeness (QED) is 0.333. The molecule has 36 heavy (non-hydrogen) atoms. The van der Waals surface area contributed by atoms with Crippen molar-refractivity contribution in [3.63, 3.8) is 0 Å². The van der Waals surface area contributed by atoms with E-state index >= 15 is 0 Å². The highest BCUT2D eigenvalue weighted by atomic mass is 32.2. The zero-order valence-electron chi connectivity index (χ0n) is 20.1. The molecule has 0 aliphatic carbocycles. The number of fused-ring (bicyclic) bond motifs is 1. The van der Waals surface area contributed by atoms with Crippen molar-refractivity contribution in [1.82, 2.24) is 15.0 Å². The highest BCUT2D eigenvalue weighted by Gasteiger charge is 2.20. The number of pyridine rings is 1. The Kier molecular flexibility index (Phi) is 6.61. The number of carbonyl (C=O) groups is 1. The first kappa shape index (κ1) is 25.0. The maximum atomic E-state index is 12.4. The number of nitrogens with zero attached hydrogens (tertiary/aromatic N) is 3. The number of ether oxygens (including phenoxy) is 1. The Morgan fingerprint density at radius 1 is 1.08 bits per heavy atom. The van der Waals surface area contributed by atoms with Crippen LogP contribution in [0.15, 0.2) is 53.7 Å². The van der Waals surface area contributed by atoms with Gasteiger partial charge in [0, 0.05) is 40.8 Å². The summed E-state index contributed by atoms with van der Waals surface area (Å²) in [4.78, 5) is 24.4. The van der Waals surface area contributed by atoms with Crippen molar-refractivity contribution in [2.75, 3.05) is 5.32 Å². The third-order valence-corrected chi connectivity index (χ3v) is 6.27.